The second kappa shape index (κ2) is 7.76. The van der Waals surface area contributed by atoms with E-state index in [1.807, 2.05) is 0 Å². The number of nitrogens with two attached hydrogens (primary N) is 1. The lowest BCUT2D eigenvalue weighted by molar-refractivity contribution is 0.0391. The van der Waals surface area contributed by atoms with E-state index in [9.17, 15) is 0 Å². The number of aromatic nitrogens is 2. The first-order chi connectivity index (χ1) is 9.78. The molecule has 1 aliphatic rings. The van der Waals surface area contributed by atoms with Gasteiger partial charge in [-0.25, -0.2) is 0 Å². The smallest absolute Gasteiger partial charge is 0.0640 e. The Hall–Kier alpha value is -0.910. The molecule has 0 aromatic carbocycles. The van der Waals surface area contributed by atoms with E-state index in [1.165, 1.54) is 6.42 Å². The summed E-state index contributed by atoms with van der Waals surface area (Å²) in [5, 5.41) is 4.72. The lowest BCUT2D eigenvalue weighted by Crippen LogP contribution is -2.45. The summed E-state index contributed by atoms with van der Waals surface area (Å²) < 4.78 is 7.66. The molecule has 5 nitrogen and oxygen atoms in total. The van der Waals surface area contributed by atoms with Crippen LogP contribution < -0.4 is 11.3 Å². The first kappa shape index (κ1) is 15.5. The molecule has 0 spiro atoms. The zero-order valence-electron chi connectivity index (χ0n) is 12.7. The van der Waals surface area contributed by atoms with Gasteiger partial charge in [0, 0.05) is 25.3 Å². The largest absolute Gasteiger partial charge is 0.381 e. The van der Waals surface area contributed by atoms with Gasteiger partial charge in [-0.05, 0) is 37.7 Å². The molecule has 0 aliphatic carbocycles. The third-order valence-corrected chi connectivity index (χ3v) is 4.39. The van der Waals surface area contributed by atoms with Crippen LogP contribution >= 0.6 is 0 Å². The molecule has 1 aromatic rings. The minimum absolute atomic E-state index is 0.250. The van der Waals surface area contributed by atoms with Gasteiger partial charge in [0.05, 0.1) is 18.3 Å². The van der Waals surface area contributed by atoms with Crippen LogP contribution in [0.2, 0.25) is 0 Å². The van der Waals surface area contributed by atoms with Gasteiger partial charge in [0.1, 0.15) is 0 Å². The van der Waals surface area contributed by atoms with Crippen LogP contribution in [0.1, 0.15) is 51.3 Å². The summed E-state index contributed by atoms with van der Waals surface area (Å²) in [5.41, 5.74) is 4.07. The Morgan fingerprint density at radius 2 is 2.30 bits per heavy atom. The summed E-state index contributed by atoms with van der Waals surface area (Å²) in [6.45, 7) is 6.11. The molecule has 2 unspecified atom stereocenters. The second-order valence-corrected chi connectivity index (χ2v) is 5.71. The van der Waals surface area contributed by atoms with Crippen LogP contribution in [0.3, 0.4) is 0 Å². The van der Waals surface area contributed by atoms with Crippen molar-refractivity contribution in [3.8, 4) is 0 Å². The number of rotatable bonds is 7. The Morgan fingerprint density at radius 3 is 2.90 bits per heavy atom. The van der Waals surface area contributed by atoms with Gasteiger partial charge in [-0.2, -0.15) is 5.10 Å². The monoisotopic (exact) mass is 280 g/mol. The van der Waals surface area contributed by atoms with Crippen LogP contribution in [0.5, 0.6) is 0 Å². The fourth-order valence-electron chi connectivity index (χ4n) is 3.02. The molecule has 2 atom stereocenters. The summed E-state index contributed by atoms with van der Waals surface area (Å²) in [6, 6.07) is 2.87. The van der Waals surface area contributed by atoms with Gasteiger partial charge in [0.2, 0.25) is 0 Å². The molecule has 2 rings (SSSR count). The van der Waals surface area contributed by atoms with Crippen molar-refractivity contribution in [1.82, 2.24) is 15.2 Å². The highest BCUT2D eigenvalue weighted by Crippen LogP contribution is 2.20. The van der Waals surface area contributed by atoms with Crippen LogP contribution in [0.15, 0.2) is 12.3 Å². The van der Waals surface area contributed by atoms with E-state index < -0.39 is 0 Å². The molecular formula is C15H28N4O. The Labute approximate surface area is 121 Å². The van der Waals surface area contributed by atoms with Crippen molar-refractivity contribution in [1.29, 1.82) is 0 Å². The predicted octanol–water partition coefficient (Wildman–Crippen LogP) is 2.05. The maximum atomic E-state index is 5.73. The predicted molar refractivity (Wildman–Crippen MR) is 80.2 cm³/mol. The van der Waals surface area contributed by atoms with Crippen LogP contribution in [0.25, 0.3) is 0 Å². The third-order valence-electron chi connectivity index (χ3n) is 4.39. The third kappa shape index (κ3) is 3.81. The molecule has 20 heavy (non-hydrogen) atoms. The molecule has 1 aromatic heterocycles. The molecule has 1 fully saturated rings. The van der Waals surface area contributed by atoms with Crippen molar-refractivity contribution in [2.24, 2.45) is 11.8 Å². The number of ether oxygens (including phenoxy) is 1. The maximum absolute atomic E-state index is 5.73. The molecular weight excluding hydrogens is 252 g/mol. The minimum atomic E-state index is 0.250. The fraction of sp³-hybridized carbons (Fsp3) is 0.800. The second-order valence-electron chi connectivity index (χ2n) is 5.71. The summed E-state index contributed by atoms with van der Waals surface area (Å²) in [4.78, 5) is 0. The lowest BCUT2D eigenvalue weighted by atomic mass is 9.91. The van der Waals surface area contributed by atoms with Crippen molar-refractivity contribution >= 4 is 0 Å². The summed E-state index contributed by atoms with van der Waals surface area (Å²) in [6.07, 6.45) is 7.52. The molecule has 1 aliphatic heterocycles. The van der Waals surface area contributed by atoms with Crippen molar-refractivity contribution in [3.63, 3.8) is 0 Å². The number of nitrogens with one attached hydrogen (secondary N) is 1. The van der Waals surface area contributed by atoms with Gasteiger partial charge < -0.3 is 4.74 Å². The van der Waals surface area contributed by atoms with E-state index in [4.69, 9.17) is 15.7 Å². The zero-order valence-corrected chi connectivity index (χ0v) is 12.7. The standard InChI is InChI=1S/C15H28N4O/c1-3-14(4-2)19-8-7-13(18-19)10-15(17-16)12-6-5-9-20-11-12/h7-8,12,14-15,17H,3-6,9-11,16H2,1-2H3. The number of hydrazine groups is 1. The summed E-state index contributed by atoms with van der Waals surface area (Å²) in [5.74, 6) is 6.22. The topological polar surface area (TPSA) is 65.1 Å². The SMILES string of the molecule is CCC(CC)n1ccc(CC(NN)C2CCCOC2)n1. The first-order valence-corrected chi connectivity index (χ1v) is 7.86. The van der Waals surface area contributed by atoms with Gasteiger partial charge in [0.15, 0.2) is 0 Å². The zero-order chi connectivity index (χ0) is 14.4. The van der Waals surface area contributed by atoms with E-state index in [0.29, 0.717) is 12.0 Å². The first-order valence-electron chi connectivity index (χ1n) is 7.86. The van der Waals surface area contributed by atoms with E-state index in [1.54, 1.807) is 0 Å². The van der Waals surface area contributed by atoms with Gasteiger partial charge in [-0.1, -0.05) is 13.8 Å². The van der Waals surface area contributed by atoms with Crippen molar-refractivity contribution in [3.05, 3.63) is 18.0 Å². The van der Waals surface area contributed by atoms with E-state index in [0.717, 1.165) is 44.6 Å². The Kier molecular flexibility index (Phi) is 6.01. The van der Waals surface area contributed by atoms with Crippen LogP contribution in [0.4, 0.5) is 0 Å². The van der Waals surface area contributed by atoms with Gasteiger partial charge in [0.25, 0.3) is 0 Å². The minimum Gasteiger partial charge on any atom is -0.381 e. The molecule has 0 amide bonds. The molecule has 114 valence electrons. The Bertz CT molecular complexity index is 383. The molecule has 2 heterocycles. The average molecular weight is 280 g/mol. The highest BCUT2D eigenvalue weighted by molar-refractivity contribution is 5.03. The molecule has 5 heteroatoms. The van der Waals surface area contributed by atoms with E-state index in [-0.39, 0.29) is 6.04 Å². The van der Waals surface area contributed by atoms with Crippen molar-refractivity contribution in [2.45, 2.75) is 58.0 Å². The molecule has 0 radical (unpaired) electrons. The lowest BCUT2D eigenvalue weighted by Gasteiger charge is -2.29. The summed E-state index contributed by atoms with van der Waals surface area (Å²) in [7, 11) is 0. The molecule has 3 N–H and O–H groups in total. The number of hydrogen-bond acceptors (Lipinski definition) is 4. The van der Waals surface area contributed by atoms with E-state index >= 15 is 0 Å². The quantitative estimate of drug-likeness (QED) is 0.592. The molecule has 0 bridgehead atoms. The average Bonchev–Trinajstić information content (AvgIpc) is 2.95. The normalized spacial score (nSPS) is 21.3. The van der Waals surface area contributed by atoms with E-state index in [2.05, 4.69) is 36.2 Å². The summed E-state index contributed by atoms with van der Waals surface area (Å²) >= 11 is 0. The highest BCUT2D eigenvalue weighted by atomic mass is 16.5. The van der Waals surface area contributed by atoms with Crippen LogP contribution in [-0.4, -0.2) is 29.0 Å². The van der Waals surface area contributed by atoms with Gasteiger partial charge in [-0.15, -0.1) is 0 Å². The number of nitrogens with zero attached hydrogens (tertiary/aromatic N) is 2. The Balaban J connectivity index is 1.96. The van der Waals surface area contributed by atoms with Gasteiger partial charge >= 0.3 is 0 Å². The van der Waals surface area contributed by atoms with Crippen molar-refractivity contribution < 1.29 is 4.74 Å². The highest BCUT2D eigenvalue weighted by Gasteiger charge is 2.24. The fourth-order valence-corrected chi connectivity index (χ4v) is 3.02. The van der Waals surface area contributed by atoms with Crippen molar-refractivity contribution in [2.75, 3.05) is 13.2 Å². The number of hydrogen-bond donors (Lipinski definition) is 2. The van der Waals surface area contributed by atoms with Crippen LogP contribution in [0, 0.1) is 5.92 Å². The van der Waals surface area contributed by atoms with Crippen LogP contribution in [-0.2, 0) is 11.2 Å². The Morgan fingerprint density at radius 1 is 1.50 bits per heavy atom. The van der Waals surface area contributed by atoms with Gasteiger partial charge in [-0.3, -0.25) is 16.0 Å². The molecule has 1 saturated heterocycles. The maximum Gasteiger partial charge on any atom is 0.0640 e. The molecule has 0 saturated carbocycles.